The van der Waals surface area contributed by atoms with Crippen molar-refractivity contribution < 1.29 is 9.13 Å². The maximum Gasteiger partial charge on any atom is 0.140 e. The highest BCUT2D eigenvalue weighted by molar-refractivity contribution is 7.09. The Morgan fingerprint density at radius 1 is 1.14 bits per heavy atom. The van der Waals surface area contributed by atoms with Crippen LogP contribution in [0.1, 0.15) is 5.01 Å². The fourth-order valence-electron chi connectivity index (χ4n) is 1.86. The first-order chi connectivity index (χ1) is 10.2. The topological polar surface area (TPSA) is 22.1 Å². The molecule has 0 aliphatic rings. The van der Waals surface area contributed by atoms with E-state index in [9.17, 15) is 4.39 Å². The lowest BCUT2D eigenvalue weighted by molar-refractivity contribution is 0.306. The van der Waals surface area contributed by atoms with Crippen LogP contribution in [-0.4, -0.2) is 4.98 Å². The van der Waals surface area contributed by atoms with Crippen LogP contribution in [0.4, 0.5) is 4.39 Å². The minimum atomic E-state index is -0.269. The van der Waals surface area contributed by atoms with E-state index in [0.717, 1.165) is 16.3 Å². The largest absolute Gasteiger partial charge is 0.485 e. The zero-order chi connectivity index (χ0) is 14.7. The number of rotatable bonds is 4. The molecule has 0 bridgehead atoms. The van der Waals surface area contributed by atoms with Crippen LogP contribution in [0.25, 0.3) is 11.3 Å². The number of para-hydroxylation sites is 1. The second-order valence-corrected chi connectivity index (χ2v) is 5.71. The zero-order valence-electron chi connectivity index (χ0n) is 10.9. The van der Waals surface area contributed by atoms with Crippen LogP contribution in [0.3, 0.4) is 0 Å². The van der Waals surface area contributed by atoms with Gasteiger partial charge in [0.25, 0.3) is 0 Å². The highest BCUT2D eigenvalue weighted by Gasteiger charge is 2.07. The van der Waals surface area contributed by atoms with E-state index >= 15 is 0 Å². The summed E-state index contributed by atoms with van der Waals surface area (Å²) in [4.78, 5) is 4.45. The Bertz CT molecular complexity index is 759. The number of benzene rings is 2. The first kappa shape index (κ1) is 14.0. The molecule has 1 heterocycles. The van der Waals surface area contributed by atoms with Gasteiger partial charge in [-0.2, -0.15) is 0 Å². The number of nitrogens with zero attached hydrogens (tertiary/aromatic N) is 1. The molecule has 21 heavy (non-hydrogen) atoms. The van der Waals surface area contributed by atoms with Crippen LogP contribution in [0.5, 0.6) is 5.75 Å². The van der Waals surface area contributed by atoms with Crippen molar-refractivity contribution in [1.29, 1.82) is 0 Å². The number of halogens is 2. The minimum Gasteiger partial charge on any atom is -0.485 e. The van der Waals surface area contributed by atoms with Gasteiger partial charge in [-0.05, 0) is 24.3 Å². The summed E-state index contributed by atoms with van der Waals surface area (Å²) < 4.78 is 18.8. The molecular weight excluding hydrogens is 309 g/mol. The number of aromatic nitrogens is 1. The Balaban J connectivity index is 1.72. The van der Waals surface area contributed by atoms with Gasteiger partial charge < -0.3 is 4.74 Å². The van der Waals surface area contributed by atoms with Crippen molar-refractivity contribution >= 4 is 22.9 Å². The molecule has 0 radical (unpaired) electrons. The van der Waals surface area contributed by atoms with Crippen molar-refractivity contribution in [3.63, 3.8) is 0 Å². The summed E-state index contributed by atoms with van der Waals surface area (Å²) in [5, 5.41) is 3.27. The van der Waals surface area contributed by atoms with Gasteiger partial charge in [0.1, 0.15) is 23.2 Å². The van der Waals surface area contributed by atoms with E-state index in [1.54, 1.807) is 12.1 Å². The molecule has 0 aliphatic carbocycles. The molecule has 5 heteroatoms. The Kier molecular flexibility index (Phi) is 4.18. The van der Waals surface area contributed by atoms with Gasteiger partial charge in [-0.25, -0.2) is 9.37 Å². The van der Waals surface area contributed by atoms with Crippen LogP contribution in [0.2, 0.25) is 5.02 Å². The number of hydrogen-bond donors (Lipinski definition) is 0. The molecular formula is C16H11ClFNOS. The number of hydrogen-bond acceptors (Lipinski definition) is 3. The van der Waals surface area contributed by atoms with Crippen molar-refractivity contribution in [3.8, 4) is 17.0 Å². The summed E-state index contributed by atoms with van der Waals surface area (Å²) in [6.45, 7) is 0.337. The van der Waals surface area contributed by atoms with E-state index in [2.05, 4.69) is 4.98 Å². The molecule has 3 rings (SSSR count). The van der Waals surface area contributed by atoms with Crippen molar-refractivity contribution in [2.75, 3.05) is 0 Å². The van der Waals surface area contributed by atoms with Gasteiger partial charge >= 0.3 is 0 Å². The van der Waals surface area contributed by atoms with Gasteiger partial charge in [0.15, 0.2) is 0 Å². The van der Waals surface area contributed by atoms with Gasteiger partial charge in [0, 0.05) is 10.9 Å². The van der Waals surface area contributed by atoms with Crippen molar-refractivity contribution in [3.05, 3.63) is 69.8 Å². The zero-order valence-corrected chi connectivity index (χ0v) is 12.5. The molecule has 0 N–H and O–H groups in total. The van der Waals surface area contributed by atoms with E-state index in [0.29, 0.717) is 17.4 Å². The maximum absolute atomic E-state index is 13.2. The molecule has 0 fully saturated rings. The Hall–Kier alpha value is -1.91. The summed E-state index contributed by atoms with van der Waals surface area (Å²) in [7, 11) is 0. The smallest absolute Gasteiger partial charge is 0.140 e. The average Bonchev–Trinajstić information content (AvgIpc) is 2.95. The predicted octanol–water partition coefficient (Wildman–Crippen LogP) is 5.18. The molecule has 0 aliphatic heterocycles. The van der Waals surface area contributed by atoms with Crippen LogP contribution in [-0.2, 0) is 6.61 Å². The standard InChI is InChI=1S/C16H11ClFNOS/c17-13-6-1-2-7-15(13)20-9-16-19-14(10-21-16)11-4-3-5-12(18)8-11/h1-8,10H,9H2. The molecule has 0 unspecified atom stereocenters. The third-order valence-corrected chi connectivity index (χ3v) is 3.99. The highest BCUT2D eigenvalue weighted by Crippen LogP contribution is 2.26. The molecule has 0 amide bonds. The molecule has 3 aromatic rings. The maximum atomic E-state index is 13.2. The van der Waals surface area contributed by atoms with Crippen molar-refractivity contribution in [2.24, 2.45) is 0 Å². The fourth-order valence-corrected chi connectivity index (χ4v) is 2.76. The SMILES string of the molecule is Fc1cccc(-c2csc(COc3ccccc3Cl)n2)c1. The van der Waals surface area contributed by atoms with Crippen LogP contribution < -0.4 is 4.74 Å². The minimum absolute atomic E-state index is 0.269. The lowest BCUT2D eigenvalue weighted by Crippen LogP contribution is -1.95. The summed E-state index contributed by atoms with van der Waals surface area (Å²) in [6, 6.07) is 13.7. The van der Waals surface area contributed by atoms with Gasteiger partial charge in [-0.15, -0.1) is 11.3 Å². The van der Waals surface area contributed by atoms with Gasteiger partial charge in [0.2, 0.25) is 0 Å². The third-order valence-electron chi connectivity index (χ3n) is 2.86. The Morgan fingerprint density at radius 2 is 2.00 bits per heavy atom. The molecule has 106 valence electrons. The average molecular weight is 320 g/mol. The Labute approximate surface area is 130 Å². The predicted molar refractivity (Wildman–Crippen MR) is 83.3 cm³/mol. The summed E-state index contributed by atoms with van der Waals surface area (Å²) >= 11 is 7.50. The summed E-state index contributed by atoms with van der Waals surface area (Å²) in [5.74, 6) is 0.357. The number of thiazole rings is 1. The quantitative estimate of drug-likeness (QED) is 0.661. The van der Waals surface area contributed by atoms with Crippen molar-refractivity contribution in [2.45, 2.75) is 6.61 Å². The molecule has 0 saturated carbocycles. The van der Waals surface area contributed by atoms with Crippen molar-refractivity contribution in [1.82, 2.24) is 4.98 Å². The van der Waals surface area contributed by atoms with E-state index in [1.165, 1.54) is 23.5 Å². The van der Waals surface area contributed by atoms with Gasteiger partial charge in [-0.3, -0.25) is 0 Å². The highest BCUT2D eigenvalue weighted by atomic mass is 35.5. The molecule has 0 saturated heterocycles. The monoisotopic (exact) mass is 319 g/mol. The first-order valence-corrected chi connectivity index (χ1v) is 7.56. The van der Waals surface area contributed by atoms with Gasteiger partial charge in [0.05, 0.1) is 10.7 Å². The second kappa shape index (κ2) is 6.24. The van der Waals surface area contributed by atoms with E-state index in [-0.39, 0.29) is 5.82 Å². The molecule has 0 atom stereocenters. The summed E-state index contributed by atoms with van der Waals surface area (Å²) in [6.07, 6.45) is 0. The summed E-state index contributed by atoms with van der Waals surface area (Å²) in [5.41, 5.74) is 1.51. The van der Waals surface area contributed by atoms with Crippen LogP contribution in [0, 0.1) is 5.82 Å². The van der Waals surface area contributed by atoms with Crippen LogP contribution >= 0.6 is 22.9 Å². The van der Waals surface area contributed by atoms with Gasteiger partial charge in [-0.1, -0.05) is 35.9 Å². The second-order valence-electron chi connectivity index (χ2n) is 4.36. The van der Waals surface area contributed by atoms with E-state index in [4.69, 9.17) is 16.3 Å². The normalized spacial score (nSPS) is 10.6. The fraction of sp³-hybridized carbons (Fsp3) is 0.0625. The first-order valence-electron chi connectivity index (χ1n) is 6.30. The molecule has 0 spiro atoms. The molecule has 2 nitrogen and oxygen atoms in total. The molecule has 1 aromatic heterocycles. The van der Waals surface area contributed by atoms with E-state index < -0.39 is 0 Å². The van der Waals surface area contributed by atoms with E-state index in [1.807, 2.05) is 29.6 Å². The third kappa shape index (κ3) is 3.40. The molecule has 2 aromatic carbocycles. The lowest BCUT2D eigenvalue weighted by Gasteiger charge is -2.05. The van der Waals surface area contributed by atoms with Crippen LogP contribution in [0.15, 0.2) is 53.9 Å². The number of ether oxygens (including phenoxy) is 1. The Morgan fingerprint density at radius 3 is 2.81 bits per heavy atom. The lowest BCUT2D eigenvalue weighted by atomic mass is 10.2.